The fraction of sp³-hybridized carbons (Fsp3) is 0.625. The minimum Gasteiger partial charge on any atom is -0.311 e. The molecule has 0 saturated carbocycles. The van der Waals surface area contributed by atoms with E-state index in [4.69, 9.17) is 0 Å². The molecule has 1 aromatic rings. The average Bonchev–Trinajstić information content (AvgIpc) is 2.33. The lowest BCUT2D eigenvalue weighted by Gasteiger charge is -2.40. The Balaban J connectivity index is 2.01. The van der Waals surface area contributed by atoms with Crippen molar-refractivity contribution in [1.82, 2.24) is 10.2 Å². The van der Waals surface area contributed by atoms with Crippen molar-refractivity contribution in [3.05, 3.63) is 35.9 Å². The van der Waals surface area contributed by atoms with Gasteiger partial charge in [0.25, 0.3) is 0 Å². The van der Waals surface area contributed by atoms with Gasteiger partial charge in [-0.05, 0) is 24.8 Å². The molecule has 0 radical (unpaired) electrons. The summed E-state index contributed by atoms with van der Waals surface area (Å²) in [5.74, 6) is 0.767. The maximum absolute atomic E-state index is 3.61. The van der Waals surface area contributed by atoms with Gasteiger partial charge in [0.1, 0.15) is 0 Å². The second-order valence-electron chi connectivity index (χ2n) is 6.01. The van der Waals surface area contributed by atoms with Crippen molar-refractivity contribution in [3.8, 4) is 0 Å². The summed E-state index contributed by atoms with van der Waals surface area (Å²) in [5.41, 5.74) is 1.43. The number of piperazine rings is 1. The number of hydrogen-bond acceptors (Lipinski definition) is 2. The average molecular weight is 246 g/mol. The van der Waals surface area contributed by atoms with E-state index in [9.17, 15) is 0 Å². The molecule has 1 aliphatic heterocycles. The third kappa shape index (κ3) is 3.82. The van der Waals surface area contributed by atoms with Crippen molar-refractivity contribution in [3.63, 3.8) is 0 Å². The minimum atomic E-state index is 0.608. The van der Waals surface area contributed by atoms with Crippen LogP contribution in [0.4, 0.5) is 0 Å². The molecule has 2 nitrogen and oxygen atoms in total. The lowest BCUT2D eigenvalue weighted by molar-refractivity contribution is 0.111. The number of nitrogens with zero attached hydrogens (tertiary/aromatic N) is 1. The third-order valence-electron chi connectivity index (χ3n) is 3.70. The zero-order chi connectivity index (χ0) is 13.0. The lowest BCUT2D eigenvalue weighted by atomic mass is 9.98. The first-order valence-electron chi connectivity index (χ1n) is 7.16. The summed E-state index contributed by atoms with van der Waals surface area (Å²) in [4.78, 5) is 2.65. The molecular weight excluding hydrogens is 220 g/mol. The second kappa shape index (κ2) is 6.35. The molecule has 1 aliphatic rings. The number of benzene rings is 1. The third-order valence-corrected chi connectivity index (χ3v) is 3.70. The molecule has 2 atom stereocenters. The van der Waals surface area contributed by atoms with Crippen molar-refractivity contribution in [1.29, 1.82) is 0 Å². The highest BCUT2D eigenvalue weighted by molar-refractivity contribution is 5.14. The summed E-state index contributed by atoms with van der Waals surface area (Å²) >= 11 is 0. The van der Waals surface area contributed by atoms with Crippen molar-refractivity contribution >= 4 is 0 Å². The van der Waals surface area contributed by atoms with Gasteiger partial charge in [0, 0.05) is 31.7 Å². The summed E-state index contributed by atoms with van der Waals surface area (Å²) in [6, 6.07) is 12.1. The van der Waals surface area contributed by atoms with Gasteiger partial charge in [0.2, 0.25) is 0 Å². The van der Waals surface area contributed by atoms with Crippen molar-refractivity contribution in [2.75, 3.05) is 13.1 Å². The molecule has 0 aromatic heterocycles. The van der Waals surface area contributed by atoms with E-state index in [0.29, 0.717) is 12.1 Å². The monoisotopic (exact) mass is 246 g/mol. The van der Waals surface area contributed by atoms with Gasteiger partial charge in [-0.1, -0.05) is 44.2 Å². The van der Waals surface area contributed by atoms with E-state index in [2.05, 4.69) is 61.3 Å². The number of hydrogen-bond donors (Lipinski definition) is 1. The fourth-order valence-corrected chi connectivity index (χ4v) is 2.82. The molecular formula is C16H26N2. The van der Waals surface area contributed by atoms with Crippen LogP contribution in [0.15, 0.2) is 30.3 Å². The largest absolute Gasteiger partial charge is 0.311 e. The van der Waals surface area contributed by atoms with Crippen molar-refractivity contribution in [2.24, 2.45) is 5.92 Å². The van der Waals surface area contributed by atoms with Crippen LogP contribution < -0.4 is 5.32 Å². The van der Waals surface area contributed by atoms with E-state index in [1.807, 2.05) is 0 Å². The number of nitrogens with one attached hydrogen (secondary N) is 1. The predicted octanol–water partition coefficient (Wildman–Crippen LogP) is 2.90. The van der Waals surface area contributed by atoms with Crippen LogP contribution in [0.2, 0.25) is 0 Å². The summed E-state index contributed by atoms with van der Waals surface area (Å²) in [6.07, 6.45) is 1.28. The lowest BCUT2D eigenvalue weighted by Crippen LogP contribution is -2.55. The topological polar surface area (TPSA) is 15.3 Å². The minimum absolute atomic E-state index is 0.608. The molecule has 2 rings (SSSR count). The summed E-state index contributed by atoms with van der Waals surface area (Å²) in [6.45, 7) is 10.3. The molecule has 1 N–H and O–H groups in total. The molecule has 100 valence electrons. The van der Waals surface area contributed by atoms with E-state index in [-0.39, 0.29) is 0 Å². The molecule has 0 aliphatic carbocycles. The van der Waals surface area contributed by atoms with Gasteiger partial charge in [-0.25, -0.2) is 0 Å². The first-order chi connectivity index (χ1) is 8.65. The summed E-state index contributed by atoms with van der Waals surface area (Å²) < 4.78 is 0. The first kappa shape index (κ1) is 13.6. The Morgan fingerprint density at radius 1 is 1.28 bits per heavy atom. The molecule has 1 heterocycles. The summed E-state index contributed by atoms with van der Waals surface area (Å²) in [5, 5.41) is 3.61. The van der Waals surface area contributed by atoms with Crippen LogP contribution in [-0.2, 0) is 6.54 Å². The highest BCUT2D eigenvalue weighted by Crippen LogP contribution is 2.18. The maximum Gasteiger partial charge on any atom is 0.0237 e. The van der Waals surface area contributed by atoms with Crippen LogP contribution in [0.3, 0.4) is 0 Å². The van der Waals surface area contributed by atoms with Crippen molar-refractivity contribution < 1.29 is 0 Å². The predicted molar refractivity (Wildman–Crippen MR) is 77.6 cm³/mol. The van der Waals surface area contributed by atoms with E-state index in [1.54, 1.807) is 0 Å². The van der Waals surface area contributed by atoms with Crippen LogP contribution in [-0.4, -0.2) is 30.1 Å². The van der Waals surface area contributed by atoms with E-state index < -0.39 is 0 Å². The highest BCUT2D eigenvalue weighted by atomic mass is 15.2. The SMILES string of the molecule is CC(C)C[C@@H]1CN[C@H](C)CN1Cc1ccccc1. The van der Waals surface area contributed by atoms with Gasteiger partial charge < -0.3 is 5.32 Å². The smallest absolute Gasteiger partial charge is 0.0237 e. The Labute approximate surface area is 111 Å². The van der Waals surface area contributed by atoms with Crippen LogP contribution in [0.5, 0.6) is 0 Å². The van der Waals surface area contributed by atoms with Gasteiger partial charge >= 0.3 is 0 Å². The van der Waals surface area contributed by atoms with Gasteiger partial charge in [0.15, 0.2) is 0 Å². The molecule has 18 heavy (non-hydrogen) atoms. The zero-order valence-corrected chi connectivity index (χ0v) is 11.9. The van der Waals surface area contributed by atoms with Gasteiger partial charge in [-0.15, -0.1) is 0 Å². The van der Waals surface area contributed by atoms with Crippen LogP contribution in [0, 0.1) is 5.92 Å². The van der Waals surface area contributed by atoms with Gasteiger partial charge in [-0.2, -0.15) is 0 Å². The summed E-state index contributed by atoms with van der Waals surface area (Å²) in [7, 11) is 0. The molecule has 0 amide bonds. The van der Waals surface area contributed by atoms with E-state index in [1.165, 1.54) is 12.0 Å². The van der Waals surface area contributed by atoms with E-state index >= 15 is 0 Å². The second-order valence-corrected chi connectivity index (χ2v) is 6.01. The first-order valence-corrected chi connectivity index (χ1v) is 7.16. The molecule has 0 spiro atoms. The molecule has 0 bridgehead atoms. The van der Waals surface area contributed by atoms with Gasteiger partial charge in [0.05, 0.1) is 0 Å². The fourth-order valence-electron chi connectivity index (χ4n) is 2.82. The maximum atomic E-state index is 3.61. The molecule has 2 heteroatoms. The van der Waals surface area contributed by atoms with Crippen molar-refractivity contribution in [2.45, 2.75) is 45.8 Å². The standard InChI is InChI=1S/C16H26N2/c1-13(2)9-16-10-17-14(3)11-18(16)12-15-7-5-4-6-8-15/h4-8,13-14,16-17H,9-12H2,1-3H3/t14-,16-/m1/s1. The quantitative estimate of drug-likeness (QED) is 0.879. The Morgan fingerprint density at radius 2 is 2.00 bits per heavy atom. The van der Waals surface area contributed by atoms with Crippen LogP contribution in [0.1, 0.15) is 32.8 Å². The Kier molecular flexibility index (Phi) is 4.79. The highest BCUT2D eigenvalue weighted by Gasteiger charge is 2.26. The van der Waals surface area contributed by atoms with E-state index in [0.717, 1.165) is 25.6 Å². The zero-order valence-electron chi connectivity index (χ0n) is 11.9. The van der Waals surface area contributed by atoms with Crippen LogP contribution in [0.25, 0.3) is 0 Å². The number of rotatable bonds is 4. The molecule has 0 unspecified atom stereocenters. The normalized spacial score (nSPS) is 25.6. The van der Waals surface area contributed by atoms with Gasteiger partial charge in [-0.3, -0.25) is 4.90 Å². The molecule has 1 fully saturated rings. The molecule has 1 saturated heterocycles. The molecule has 1 aromatic carbocycles. The Hall–Kier alpha value is -0.860. The van der Waals surface area contributed by atoms with Crippen LogP contribution >= 0.6 is 0 Å². The Morgan fingerprint density at radius 3 is 2.67 bits per heavy atom. The Bertz CT molecular complexity index is 347.